The smallest absolute Gasteiger partial charge is 0.277 e. The first-order valence-electron chi connectivity index (χ1n) is 5.02. The summed E-state index contributed by atoms with van der Waals surface area (Å²) in [5.41, 5.74) is 1.57. The first-order valence-corrected chi connectivity index (χ1v) is 5.02. The molecule has 3 rings (SSSR count). The van der Waals surface area contributed by atoms with Crippen LogP contribution in [0, 0.1) is 0 Å². The van der Waals surface area contributed by atoms with E-state index in [1.807, 2.05) is 18.2 Å². The summed E-state index contributed by atoms with van der Waals surface area (Å²) in [5, 5.41) is 4.70. The maximum absolute atomic E-state index is 11.8. The van der Waals surface area contributed by atoms with Crippen LogP contribution in [0.1, 0.15) is 5.56 Å². The lowest BCUT2D eigenvalue weighted by Gasteiger charge is -2.10. The molecular weight excluding hydrogens is 202 g/mol. The summed E-state index contributed by atoms with van der Waals surface area (Å²) in [5.74, 6) is 0. The molecular formula is C12H9N3O. The summed E-state index contributed by atoms with van der Waals surface area (Å²) < 4.78 is 0. The monoisotopic (exact) mass is 211 g/mol. The van der Waals surface area contributed by atoms with Crippen molar-refractivity contribution in [2.45, 2.75) is 0 Å². The fourth-order valence-electron chi connectivity index (χ4n) is 1.87. The Morgan fingerprint density at radius 3 is 2.88 bits per heavy atom. The van der Waals surface area contributed by atoms with E-state index in [2.05, 4.69) is 15.3 Å². The minimum atomic E-state index is -0.208. The first kappa shape index (κ1) is 9.03. The zero-order valence-electron chi connectivity index (χ0n) is 8.47. The molecule has 78 valence electrons. The van der Waals surface area contributed by atoms with Crippen molar-refractivity contribution < 1.29 is 0 Å². The molecule has 1 aliphatic rings. The van der Waals surface area contributed by atoms with Crippen molar-refractivity contribution in [3.8, 4) is 0 Å². The third-order valence-corrected chi connectivity index (χ3v) is 2.61. The first-order chi connectivity index (χ1) is 7.86. The predicted molar refractivity (Wildman–Crippen MR) is 64.1 cm³/mol. The lowest BCUT2D eigenvalue weighted by molar-refractivity contribution is 1.13. The number of fused-ring (bicyclic) bond motifs is 3. The molecule has 1 aliphatic heterocycles. The third kappa shape index (κ3) is 1.27. The zero-order chi connectivity index (χ0) is 11.0. The Morgan fingerprint density at radius 2 is 2.00 bits per heavy atom. The lowest BCUT2D eigenvalue weighted by atomic mass is 10.1. The van der Waals surface area contributed by atoms with E-state index in [0.29, 0.717) is 12.1 Å². The molecule has 0 aliphatic carbocycles. The van der Waals surface area contributed by atoms with Gasteiger partial charge in [-0.05, 0) is 6.07 Å². The summed E-state index contributed by atoms with van der Waals surface area (Å²) in [6, 6.07) is 7.46. The van der Waals surface area contributed by atoms with Gasteiger partial charge in [0, 0.05) is 23.4 Å². The zero-order valence-corrected chi connectivity index (χ0v) is 8.47. The number of anilines is 1. The van der Waals surface area contributed by atoms with E-state index in [9.17, 15) is 4.79 Å². The number of rotatable bonds is 0. The normalized spacial score (nSPS) is 13.2. The summed E-state index contributed by atoms with van der Waals surface area (Å²) >= 11 is 0. The Hall–Kier alpha value is -2.23. The number of hydrogen-bond acceptors (Lipinski definition) is 4. The van der Waals surface area contributed by atoms with Gasteiger partial charge in [0.2, 0.25) is 0 Å². The standard InChI is InChI=1S/C12H9N3O/c16-12-10-4-2-1-3-9(10)11-8(6-14-12)5-13-7-15-11/h1-6,15H,7H2. The Labute approximate surface area is 91.7 Å². The molecule has 0 saturated carbocycles. The molecule has 0 fully saturated rings. The summed E-state index contributed by atoms with van der Waals surface area (Å²) in [7, 11) is 0. The quantitative estimate of drug-likeness (QED) is 0.716. The highest BCUT2D eigenvalue weighted by Gasteiger charge is 2.09. The second kappa shape index (κ2) is 3.41. The van der Waals surface area contributed by atoms with Crippen LogP contribution in [-0.4, -0.2) is 17.9 Å². The minimum Gasteiger partial charge on any atom is -0.365 e. The average Bonchev–Trinajstić information content (AvgIpc) is 2.49. The summed E-state index contributed by atoms with van der Waals surface area (Å²) in [6.45, 7) is 0.537. The number of benzene rings is 1. The van der Waals surface area contributed by atoms with Crippen molar-refractivity contribution in [2.24, 2.45) is 4.99 Å². The Kier molecular flexibility index (Phi) is 1.93. The summed E-state index contributed by atoms with van der Waals surface area (Å²) in [4.78, 5) is 19.8. The fraction of sp³-hybridized carbons (Fsp3) is 0.0833. The molecule has 1 N–H and O–H groups in total. The van der Waals surface area contributed by atoms with Gasteiger partial charge in [-0.25, -0.2) is 4.98 Å². The molecule has 4 heteroatoms. The molecule has 1 aromatic heterocycles. The maximum Gasteiger partial charge on any atom is 0.277 e. The van der Waals surface area contributed by atoms with Gasteiger partial charge in [-0.1, -0.05) is 18.2 Å². The summed E-state index contributed by atoms with van der Waals surface area (Å²) in [6.07, 6.45) is 3.30. The fourth-order valence-corrected chi connectivity index (χ4v) is 1.87. The van der Waals surface area contributed by atoms with Crippen LogP contribution in [-0.2, 0) is 0 Å². The molecule has 0 radical (unpaired) electrons. The van der Waals surface area contributed by atoms with Crippen molar-refractivity contribution in [1.82, 2.24) is 4.98 Å². The van der Waals surface area contributed by atoms with Crippen molar-refractivity contribution in [3.05, 3.63) is 46.4 Å². The van der Waals surface area contributed by atoms with Gasteiger partial charge in [0.05, 0.1) is 11.1 Å². The second-order valence-electron chi connectivity index (χ2n) is 3.59. The minimum absolute atomic E-state index is 0.208. The molecule has 1 aromatic carbocycles. The van der Waals surface area contributed by atoms with Gasteiger partial charge in [-0.2, -0.15) is 0 Å². The van der Waals surface area contributed by atoms with Gasteiger partial charge in [0.15, 0.2) is 0 Å². The van der Waals surface area contributed by atoms with E-state index in [0.717, 1.165) is 16.6 Å². The van der Waals surface area contributed by atoms with Gasteiger partial charge in [-0.15, -0.1) is 0 Å². The Balaban J connectivity index is 2.56. The number of hydrogen-bond donors (Lipinski definition) is 1. The van der Waals surface area contributed by atoms with Crippen LogP contribution in [0.4, 0.5) is 5.69 Å². The van der Waals surface area contributed by atoms with E-state index in [1.54, 1.807) is 18.5 Å². The topological polar surface area (TPSA) is 54.4 Å². The van der Waals surface area contributed by atoms with Crippen molar-refractivity contribution >= 4 is 22.7 Å². The highest BCUT2D eigenvalue weighted by atomic mass is 16.1. The van der Waals surface area contributed by atoms with Crippen LogP contribution >= 0.6 is 0 Å². The SMILES string of the molecule is O=c1ncc2c(c3ccccc13)NCN=C2. The molecule has 0 saturated heterocycles. The van der Waals surface area contributed by atoms with E-state index >= 15 is 0 Å². The van der Waals surface area contributed by atoms with Crippen LogP contribution in [0.25, 0.3) is 10.8 Å². The highest BCUT2D eigenvalue weighted by Crippen LogP contribution is 2.23. The van der Waals surface area contributed by atoms with E-state index < -0.39 is 0 Å². The lowest BCUT2D eigenvalue weighted by Crippen LogP contribution is -2.06. The number of aromatic nitrogens is 1. The number of aliphatic imine (C=N–C) groups is 1. The third-order valence-electron chi connectivity index (χ3n) is 2.61. The molecule has 2 heterocycles. The predicted octanol–water partition coefficient (Wildman–Crippen LogP) is 1.40. The van der Waals surface area contributed by atoms with Gasteiger partial charge < -0.3 is 5.32 Å². The Bertz CT molecular complexity index is 649. The van der Waals surface area contributed by atoms with Crippen LogP contribution in [0.15, 0.2) is 40.2 Å². The molecule has 16 heavy (non-hydrogen) atoms. The molecule has 4 nitrogen and oxygen atoms in total. The number of nitrogens with one attached hydrogen (secondary N) is 1. The second-order valence-corrected chi connectivity index (χ2v) is 3.59. The number of nitrogens with zero attached hydrogens (tertiary/aromatic N) is 2. The largest absolute Gasteiger partial charge is 0.365 e. The van der Waals surface area contributed by atoms with Crippen LogP contribution in [0.3, 0.4) is 0 Å². The molecule has 0 amide bonds. The molecule has 0 spiro atoms. The van der Waals surface area contributed by atoms with E-state index in [1.165, 1.54) is 0 Å². The van der Waals surface area contributed by atoms with Crippen LogP contribution in [0.5, 0.6) is 0 Å². The van der Waals surface area contributed by atoms with Gasteiger partial charge in [0.1, 0.15) is 6.67 Å². The van der Waals surface area contributed by atoms with E-state index in [4.69, 9.17) is 0 Å². The van der Waals surface area contributed by atoms with Crippen molar-refractivity contribution in [3.63, 3.8) is 0 Å². The average molecular weight is 211 g/mol. The molecule has 0 atom stereocenters. The van der Waals surface area contributed by atoms with Crippen LogP contribution in [0.2, 0.25) is 0 Å². The molecule has 0 unspecified atom stereocenters. The van der Waals surface area contributed by atoms with Crippen molar-refractivity contribution in [2.75, 3.05) is 12.0 Å². The van der Waals surface area contributed by atoms with E-state index in [-0.39, 0.29) is 5.56 Å². The van der Waals surface area contributed by atoms with Gasteiger partial charge in [0.25, 0.3) is 5.56 Å². The van der Waals surface area contributed by atoms with Gasteiger partial charge >= 0.3 is 0 Å². The molecule has 0 bridgehead atoms. The Morgan fingerprint density at radius 1 is 1.19 bits per heavy atom. The highest BCUT2D eigenvalue weighted by molar-refractivity contribution is 6.02. The van der Waals surface area contributed by atoms with Crippen molar-refractivity contribution in [1.29, 1.82) is 0 Å². The maximum atomic E-state index is 11.8. The van der Waals surface area contributed by atoms with Crippen LogP contribution < -0.4 is 10.9 Å². The van der Waals surface area contributed by atoms with Gasteiger partial charge in [-0.3, -0.25) is 9.79 Å². The molecule has 2 aromatic rings.